The Morgan fingerprint density at radius 3 is 3.00 bits per heavy atom. The molecule has 1 N–H and O–H groups in total. The lowest BCUT2D eigenvalue weighted by atomic mass is 9.89. The van der Waals surface area contributed by atoms with Gasteiger partial charge in [-0.25, -0.2) is 0 Å². The summed E-state index contributed by atoms with van der Waals surface area (Å²) in [5.74, 6) is 3.71. The number of aromatic nitrogens is 2. The van der Waals surface area contributed by atoms with Gasteiger partial charge in [-0.05, 0) is 51.3 Å². The van der Waals surface area contributed by atoms with Crippen molar-refractivity contribution < 1.29 is 14.0 Å². The van der Waals surface area contributed by atoms with Crippen LogP contribution < -0.4 is 0 Å². The van der Waals surface area contributed by atoms with E-state index in [0.29, 0.717) is 24.8 Å². The van der Waals surface area contributed by atoms with Crippen molar-refractivity contribution in [3.63, 3.8) is 0 Å². The van der Waals surface area contributed by atoms with Crippen molar-refractivity contribution in [2.75, 3.05) is 13.1 Å². The molecule has 1 unspecified atom stereocenters. The quantitative estimate of drug-likeness (QED) is 0.913. The molecule has 1 aliphatic carbocycles. The Morgan fingerprint density at radius 2 is 2.26 bits per heavy atom. The Balaban J connectivity index is 1.39. The molecule has 2 fully saturated rings. The van der Waals surface area contributed by atoms with Crippen LogP contribution in [0.25, 0.3) is 0 Å². The number of aryl methyl sites for hydroxylation is 1. The highest BCUT2D eigenvalue weighted by Gasteiger charge is 2.36. The van der Waals surface area contributed by atoms with Crippen molar-refractivity contribution in [3.05, 3.63) is 35.4 Å². The molecule has 6 heteroatoms. The molecule has 0 amide bonds. The lowest BCUT2D eigenvalue weighted by Crippen LogP contribution is -2.49. The molecule has 1 saturated carbocycles. The topological polar surface area (TPSA) is 75.5 Å². The minimum Gasteiger partial charge on any atom is -0.465 e. The van der Waals surface area contributed by atoms with E-state index in [4.69, 9.17) is 8.94 Å². The van der Waals surface area contributed by atoms with Crippen LogP contribution >= 0.6 is 0 Å². The molecule has 1 atom stereocenters. The Morgan fingerprint density at radius 1 is 1.39 bits per heavy atom. The van der Waals surface area contributed by atoms with Gasteiger partial charge in [0.2, 0.25) is 5.89 Å². The van der Waals surface area contributed by atoms with Crippen molar-refractivity contribution in [1.29, 1.82) is 0 Å². The van der Waals surface area contributed by atoms with Crippen LogP contribution in [0.3, 0.4) is 0 Å². The molecule has 23 heavy (non-hydrogen) atoms. The molecule has 0 spiro atoms. The van der Waals surface area contributed by atoms with Crippen LogP contribution in [0.2, 0.25) is 0 Å². The second kappa shape index (κ2) is 5.76. The number of piperidine rings is 1. The number of hydrogen-bond donors (Lipinski definition) is 1. The van der Waals surface area contributed by atoms with Gasteiger partial charge in [0.1, 0.15) is 11.5 Å². The SMILES string of the molecule is Cc1ccc(CN2CCCC(O)(Cc3nc(C4CC4)no3)C2)o1. The number of nitrogens with zero attached hydrogens (tertiary/aromatic N) is 3. The van der Waals surface area contributed by atoms with E-state index in [2.05, 4.69) is 15.0 Å². The average molecular weight is 317 g/mol. The van der Waals surface area contributed by atoms with Gasteiger partial charge in [0.25, 0.3) is 0 Å². The molecule has 0 bridgehead atoms. The molecule has 6 nitrogen and oxygen atoms in total. The molecular weight excluding hydrogens is 294 g/mol. The lowest BCUT2D eigenvalue weighted by Gasteiger charge is -2.38. The van der Waals surface area contributed by atoms with Gasteiger partial charge >= 0.3 is 0 Å². The molecule has 4 rings (SSSR count). The lowest BCUT2D eigenvalue weighted by molar-refractivity contribution is -0.0388. The first kappa shape index (κ1) is 14.9. The highest BCUT2D eigenvalue weighted by molar-refractivity contribution is 5.07. The number of likely N-dealkylation sites (tertiary alicyclic amines) is 1. The second-order valence-corrected chi connectivity index (χ2v) is 7.05. The molecule has 0 radical (unpaired) electrons. The van der Waals surface area contributed by atoms with E-state index in [-0.39, 0.29) is 0 Å². The van der Waals surface area contributed by atoms with E-state index < -0.39 is 5.60 Å². The first-order valence-corrected chi connectivity index (χ1v) is 8.42. The maximum absolute atomic E-state index is 10.9. The summed E-state index contributed by atoms with van der Waals surface area (Å²) in [5.41, 5.74) is -0.798. The molecule has 1 saturated heterocycles. The van der Waals surface area contributed by atoms with Crippen LogP contribution in [-0.2, 0) is 13.0 Å². The van der Waals surface area contributed by atoms with Gasteiger partial charge in [-0.2, -0.15) is 4.98 Å². The Labute approximate surface area is 135 Å². The zero-order valence-electron chi connectivity index (χ0n) is 13.5. The van der Waals surface area contributed by atoms with Crippen molar-refractivity contribution in [3.8, 4) is 0 Å². The van der Waals surface area contributed by atoms with Gasteiger partial charge in [-0.15, -0.1) is 0 Å². The second-order valence-electron chi connectivity index (χ2n) is 7.05. The first-order valence-electron chi connectivity index (χ1n) is 8.42. The minimum absolute atomic E-state index is 0.431. The van der Waals surface area contributed by atoms with Crippen LogP contribution in [-0.4, -0.2) is 38.8 Å². The normalized spacial score (nSPS) is 25.8. The smallest absolute Gasteiger partial charge is 0.229 e. The van der Waals surface area contributed by atoms with Gasteiger partial charge < -0.3 is 14.0 Å². The highest BCUT2D eigenvalue weighted by atomic mass is 16.5. The number of rotatable bonds is 5. The number of β-amino-alcohol motifs (C(OH)–C–C–N with tert-alkyl or cyclic N) is 1. The summed E-state index contributed by atoms with van der Waals surface area (Å²) in [5, 5.41) is 15.0. The van der Waals surface area contributed by atoms with Gasteiger partial charge in [0.15, 0.2) is 5.82 Å². The number of hydrogen-bond acceptors (Lipinski definition) is 6. The maximum atomic E-state index is 10.9. The Hall–Kier alpha value is -1.66. The van der Waals surface area contributed by atoms with Gasteiger partial charge in [0.05, 0.1) is 18.6 Å². The summed E-state index contributed by atoms with van der Waals surface area (Å²) >= 11 is 0. The average Bonchev–Trinajstić information content (AvgIpc) is 3.13. The summed E-state index contributed by atoms with van der Waals surface area (Å²) in [7, 11) is 0. The highest BCUT2D eigenvalue weighted by Crippen LogP contribution is 2.38. The molecular formula is C17H23N3O3. The number of aliphatic hydroxyl groups is 1. The summed E-state index contributed by atoms with van der Waals surface area (Å²) < 4.78 is 11.0. The van der Waals surface area contributed by atoms with Gasteiger partial charge in [-0.1, -0.05) is 5.16 Å². The van der Waals surface area contributed by atoms with E-state index in [1.807, 2.05) is 19.1 Å². The molecule has 2 aliphatic rings. The van der Waals surface area contributed by atoms with Crippen LogP contribution in [0.15, 0.2) is 21.1 Å². The molecule has 124 valence electrons. The summed E-state index contributed by atoms with van der Waals surface area (Å²) in [6.07, 6.45) is 4.46. The molecule has 0 aromatic carbocycles. The van der Waals surface area contributed by atoms with Crippen molar-refractivity contribution in [1.82, 2.24) is 15.0 Å². The first-order chi connectivity index (χ1) is 11.1. The molecule has 1 aliphatic heterocycles. The number of furan rings is 1. The summed E-state index contributed by atoms with van der Waals surface area (Å²) in [6.45, 7) is 4.25. The van der Waals surface area contributed by atoms with Crippen LogP contribution in [0, 0.1) is 6.92 Å². The Bertz CT molecular complexity index is 676. The maximum Gasteiger partial charge on any atom is 0.229 e. The zero-order chi connectivity index (χ0) is 15.9. The minimum atomic E-state index is -0.798. The predicted molar refractivity (Wildman–Crippen MR) is 82.9 cm³/mol. The predicted octanol–water partition coefficient (Wildman–Crippen LogP) is 2.42. The monoisotopic (exact) mass is 317 g/mol. The fraction of sp³-hybridized carbons (Fsp3) is 0.647. The summed E-state index contributed by atoms with van der Waals surface area (Å²) in [6, 6.07) is 3.98. The molecule has 2 aromatic rings. The van der Waals surface area contributed by atoms with Crippen molar-refractivity contribution in [2.45, 2.75) is 57.1 Å². The van der Waals surface area contributed by atoms with Crippen LogP contribution in [0.1, 0.15) is 54.8 Å². The zero-order valence-corrected chi connectivity index (χ0v) is 13.5. The third kappa shape index (κ3) is 3.48. The van der Waals surface area contributed by atoms with Gasteiger partial charge in [-0.3, -0.25) is 4.90 Å². The van der Waals surface area contributed by atoms with Crippen LogP contribution in [0.4, 0.5) is 0 Å². The van der Waals surface area contributed by atoms with Crippen molar-refractivity contribution >= 4 is 0 Å². The molecule has 3 heterocycles. The largest absolute Gasteiger partial charge is 0.465 e. The Kier molecular flexibility index (Phi) is 3.73. The third-order valence-electron chi connectivity index (χ3n) is 4.72. The fourth-order valence-corrected chi connectivity index (χ4v) is 3.40. The van der Waals surface area contributed by atoms with Crippen molar-refractivity contribution in [2.24, 2.45) is 0 Å². The van der Waals surface area contributed by atoms with Crippen LogP contribution in [0.5, 0.6) is 0 Å². The third-order valence-corrected chi connectivity index (χ3v) is 4.72. The van der Waals surface area contributed by atoms with E-state index in [0.717, 1.165) is 56.1 Å². The fourth-order valence-electron chi connectivity index (χ4n) is 3.40. The standard InChI is InChI=1S/C17H23N3O3/c1-12-3-6-14(22-12)10-20-8-2-7-17(21,11-20)9-15-18-16(19-23-15)13-4-5-13/h3,6,13,21H,2,4-5,7-11H2,1H3. The van der Waals surface area contributed by atoms with Gasteiger partial charge in [0, 0.05) is 12.5 Å². The molecule has 2 aromatic heterocycles. The summed E-state index contributed by atoms with van der Waals surface area (Å²) in [4.78, 5) is 6.69. The van der Waals surface area contributed by atoms with E-state index >= 15 is 0 Å². The van der Waals surface area contributed by atoms with E-state index in [1.54, 1.807) is 0 Å². The van der Waals surface area contributed by atoms with E-state index in [1.165, 1.54) is 0 Å². The van der Waals surface area contributed by atoms with E-state index in [9.17, 15) is 5.11 Å².